The van der Waals surface area contributed by atoms with Crippen LogP contribution in [0.4, 0.5) is 5.69 Å². The molecule has 0 aliphatic heterocycles. The molecule has 0 atom stereocenters. The van der Waals surface area contributed by atoms with Gasteiger partial charge in [-0.05, 0) is 5.56 Å². The zero-order chi connectivity index (χ0) is 12.3. The summed E-state index contributed by atoms with van der Waals surface area (Å²) in [5.74, 6) is 0. The van der Waals surface area contributed by atoms with E-state index in [1.54, 1.807) is 12.1 Å². The van der Waals surface area contributed by atoms with Crippen LogP contribution in [-0.4, -0.2) is 30.9 Å². The standard InChI is InChI=1S/C9H12N2O4S/c1-10(16(2,14)15)7-8-3-5-9(6-4-8)11(12)13/h3-6H,7H2,1-2H3. The Balaban J connectivity index is 2.81. The average molecular weight is 244 g/mol. The van der Waals surface area contributed by atoms with Crippen molar-refractivity contribution in [1.29, 1.82) is 0 Å². The number of nitro groups is 1. The Bertz CT molecular complexity index is 481. The normalized spacial score (nSPS) is 11.7. The number of hydrogen-bond donors (Lipinski definition) is 0. The highest BCUT2D eigenvalue weighted by molar-refractivity contribution is 7.88. The van der Waals surface area contributed by atoms with Gasteiger partial charge in [-0.2, -0.15) is 0 Å². The van der Waals surface area contributed by atoms with E-state index in [-0.39, 0.29) is 12.2 Å². The fraction of sp³-hybridized carbons (Fsp3) is 0.333. The lowest BCUT2D eigenvalue weighted by atomic mass is 10.2. The minimum Gasteiger partial charge on any atom is -0.258 e. The monoisotopic (exact) mass is 244 g/mol. The van der Waals surface area contributed by atoms with Crippen molar-refractivity contribution < 1.29 is 13.3 Å². The van der Waals surface area contributed by atoms with Gasteiger partial charge in [-0.15, -0.1) is 0 Å². The molecule has 0 amide bonds. The summed E-state index contributed by atoms with van der Waals surface area (Å²) in [6, 6.07) is 5.79. The molecule has 1 rings (SSSR count). The second-order valence-electron chi connectivity index (χ2n) is 3.44. The fourth-order valence-electron chi connectivity index (χ4n) is 1.10. The van der Waals surface area contributed by atoms with E-state index in [1.165, 1.54) is 23.5 Å². The Kier molecular flexibility index (Phi) is 3.61. The lowest BCUT2D eigenvalue weighted by Gasteiger charge is -2.13. The number of hydrogen-bond acceptors (Lipinski definition) is 4. The van der Waals surface area contributed by atoms with E-state index in [2.05, 4.69) is 0 Å². The molecule has 88 valence electrons. The van der Waals surface area contributed by atoms with Gasteiger partial charge in [-0.1, -0.05) is 12.1 Å². The number of non-ortho nitro benzene ring substituents is 1. The molecule has 0 saturated heterocycles. The van der Waals surface area contributed by atoms with E-state index in [9.17, 15) is 18.5 Å². The van der Waals surface area contributed by atoms with Gasteiger partial charge in [-0.25, -0.2) is 12.7 Å². The Morgan fingerprint density at radius 2 is 1.81 bits per heavy atom. The summed E-state index contributed by atoms with van der Waals surface area (Å²) in [6.07, 6.45) is 1.11. The summed E-state index contributed by atoms with van der Waals surface area (Å²) in [5.41, 5.74) is 0.698. The third kappa shape index (κ3) is 3.28. The third-order valence-corrected chi connectivity index (χ3v) is 3.38. The summed E-state index contributed by atoms with van der Waals surface area (Å²) in [7, 11) is -1.77. The van der Waals surface area contributed by atoms with E-state index < -0.39 is 14.9 Å². The van der Waals surface area contributed by atoms with Crippen molar-refractivity contribution in [3.05, 3.63) is 39.9 Å². The Morgan fingerprint density at radius 1 is 1.31 bits per heavy atom. The number of sulfonamides is 1. The van der Waals surface area contributed by atoms with Gasteiger partial charge in [-0.3, -0.25) is 10.1 Å². The predicted octanol–water partition coefficient (Wildman–Crippen LogP) is 0.986. The van der Waals surface area contributed by atoms with Gasteiger partial charge >= 0.3 is 0 Å². The molecule has 1 aromatic rings. The molecule has 7 heteroatoms. The molecule has 0 spiro atoms. The fourth-order valence-corrected chi connectivity index (χ4v) is 1.48. The van der Waals surface area contributed by atoms with Crippen LogP contribution >= 0.6 is 0 Å². The minimum atomic E-state index is -3.23. The van der Waals surface area contributed by atoms with Gasteiger partial charge in [0.15, 0.2) is 0 Å². The van der Waals surface area contributed by atoms with Crippen molar-refractivity contribution in [3.63, 3.8) is 0 Å². The topological polar surface area (TPSA) is 80.5 Å². The van der Waals surface area contributed by atoms with Crippen LogP contribution in [0.15, 0.2) is 24.3 Å². The van der Waals surface area contributed by atoms with Gasteiger partial charge in [0.05, 0.1) is 11.2 Å². The highest BCUT2D eigenvalue weighted by atomic mass is 32.2. The molecule has 0 unspecified atom stereocenters. The maximum absolute atomic E-state index is 11.1. The first-order chi connectivity index (χ1) is 7.30. The van der Waals surface area contributed by atoms with Crippen LogP contribution in [0.5, 0.6) is 0 Å². The minimum absolute atomic E-state index is 0.00856. The molecule has 6 nitrogen and oxygen atoms in total. The molecule has 0 aliphatic carbocycles. The smallest absolute Gasteiger partial charge is 0.258 e. The van der Waals surface area contributed by atoms with Crippen LogP contribution in [0.1, 0.15) is 5.56 Å². The molecule has 0 saturated carbocycles. The van der Waals surface area contributed by atoms with Gasteiger partial charge in [0.1, 0.15) is 0 Å². The maximum atomic E-state index is 11.1. The molecule has 0 aromatic heterocycles. The zero-order valence-electron chi connectivity index (χ0n) is 8.95. The second-order valence-corrected chi connectivity index (χ2v) is 5.53. The van der Waals surface area contributed by atoms with E-state index in [4.69, 9.17) is 0 Å². The molecular weight excluding hydrogens is 232 g/mol. The van der Waals surface area contributed by atoms with E-state index in [0.717, 1.165) is 6.26 Å². The summed E-state index contributed by atoms with van der Waals surface area (Å²) < 4.78 is 23.4. The van der Waals surface area contributed by atoms with E-state index in [1.807, 2.05) is 0 Å². The molecule has 0 bridgehead atoms. The molecule has 1 aromatic carbocycles. The highest BCUT2D eigenvalue weighted by Crippen LogP contribution is 2.13. The van der Waals surface area contributed by atoms with Crippen molar-refractivity contribution in [1.82, 2.24) is 4.31 Å². The molecule has 0 radical (unpaired) electrons. The van der Waals surface area contributed by atoms with Crippen LogP contribution in [-0.2, 0) is 16.6 Å². The lowest BCUT2D eigenvalue weighted by Crippen LogP contribution is -2.24. The number of benzene rings is 1. The molecule has 0 aliphatic rings. The van der Waals surface area contributed by atoms with Crippen molar-refractivity contribution in [2.24, 2.45) is 0 Å². The van der Waals surface area contributed by atoms with Crippen LogP contribution in [0, 0.1) is 10.1 Å². The molecular formula is C9H12N2O4S. The Hall–Kier alpha value is -1.47. The summed E-state index contributed by atoms with van der Waals surface area (Å²) >= 11 is 0. The molecule has 16 heavy (non-hydrogen) atoms. The first kappa shape index (κ1) is 12.6. The van der Waals surface area contributed by atoms with Crippen LogP contribution in [0.25, 0.3) is 0 Å². The van der Waals surface area contributed by atoms with E-state index >= 15 is 0 Å². The first-order valence-corrected chi connectivity index (χ1v) is 6.30. The summed E-state index contributed by atoms with van der Waals surface area (Å²) in [5, 5.41) is 10.4. The summed E-state index contributed by atoms with van der Waals surface area (Å²) in [4.78, 5) is 9.90. The third-order valence-electron chi connectivity index (χ3n) is 2.12. The predicted molar refractivity (Wildman–Crippen MR) is 59.4 cm³/mol. The van der Waals surface area contributed by atoms with Crippen LogP contribution in [0.2, 0.25) is 0 Å². The largest absolute Gasteiger partial charge is 0.269 e. The van der Waals surface area contributed by atoms with Gasteiger partial charge in [0, 0.05) is 25.7 Å². The van der Waals surface area contributed by atoms with Crippen molar-refractivity contribution in [2.45, 2.75) is 6.54 Å². The van der Waals surface area contributed by atoms with E-state index in [0.29, 0.717) is 5.56 Å². The molecule has 0 fully saturated rings. The van der Waals surface area contributed by atoms with Gasteiger partial charge in [0.25, 0.3) is 5.69 Å². The highest BCUT2D eigenvalue weighted by Gasteiger charge is 2.12. The van der Waals surface area contributed by atoms with Crippen molar-refractivity contribution >= 4 is 15.7 Å². The summed E-state index contributed by atoms with van der Waals surface area (Å²) in [6.45, 7) is 0.205. The number of rotatable bonds is 4. The molecule has 0 N–H and O–H groups in total. The van der Waals surface area contributed by atoms with Gasteiger partial charge in [0.2, 0.25) is 10.0 Å². The second kappa shape index (κ2) is 4.58. The zero-order valence-corrected chi connectivity index (χ0v) is 9.77. The van der Waals surface area contributed by atoms with Crippen LogP contribution < -0.4 is 0 Å². The average Bonchev–Trinajstić information content (AvgIpc) is 2.17. The Labute approximate surface area is 93.7 Å². The van der Waals surface area contributed by atoms with Crippen molar-refractivity contribution in [3.8, 4) is 0 Å². The van der Waals surface area contributed by atoms with Gasteiger partial charge < -0.3 is 0 Å². The Morgan fingerprint density at radius 3 is 2.19 bits per heavy atom. The van der Waals surface area contributed by atoms with Crippen LogP contribution in [0.3, 0.4) is 0 Å². The number of nitro benzene ring substituents is 1. The lowest BCUT2D eigenvalue weighted by molar-refractivity contribution is -0.384. The maximum Gasteiger partial charge on any atom is 0.269 e. The SMILES string of the molecule is CN(Cc1ccc([N+](=O)[O-])cc1)S(C)(=O)=O. The quantitative estimate of drug-likeness (QED) is 0.584. The number of nitrogens with zero attached hydrogens (tertiary/aromatic N) is 2. The van der Waals surface area contributed by atoms with Crippen molar-refractivity contribution in [2.75, 3.05) is 13.3 Å². The first-order valence-electron chi connectivity index (χ1n) is 4.45. The molecule has 0 heterocycles.